The van der Waals surface area contributed by atoms with E-state index in [0.717, 1.165) is 54.0 Å². The summed E-state index contributed by atoms with van der Waals surface area (Å²) in [6.07, 6.45) is 19.5. The van der Waals surface area contributed by atoms with Gasteiger partial charge in [0.15, 0.2) is 0 Å². The van der Waals surface area contributed by atoms with Gasteiger partial charge in [0, 0.05) is 11.8 Å². The molecule has 190 valence electrons. The molecule has 0 aliphatic carbocycles. The Morgan fingerprint density at radius 3 is 2.14 bits per heavy atom. The second-order valence-electron chi connectivity index (χ2n) is 8.97. The molecule has 0 aliphatic rings. The van der Waals surface area contributed by atoms with Crippen LogP contribution in [-0.4, -0.2) is 19.2 Å². The quantitative estimate of drug-likeness (QED) is 0.0818. The van der Waals surface area contributed by atoms with Crippen molar-refractivity contribution in [3.8, 4) is 5.75 Å². The van der Waals surface area contributed by atoms with Crippen molar-refractivity contribution in [2.45, 2.75) is 78.1 Å². The molecule has 2 N–H and O–H groups in total. The monoisotopic (exact) mass is 477 g/mol. The minimum absolute atomic E-state index is 0.318. The molecule has 0 atom stereocenters. The van der Waals surface area contributed by atoms with Gasteiger partial charge in [0.1, 0.15) is 5.75 Å². The molecule has 0 bridgehead atoms. The van der Waals surface area contributed by atoms with Gasteiger partial charge in [-0.05, 0) is 59.9 Å². The van der Waals surface area contributed by atoms with Gasteiger partial charge in [0.05, 0.1) is 13.2 Å². The summed E-state index contributed by atoms with van der Waals surface area (Å²) in [7, 11) is 0. The topological polar surface area (TPSA) is 61.5 Å². The summed E-state index contributed by atoms with van der Waals surface area (Å²) < 4.78 is 11.3. The zero-order chi connectivity index (χ0) is 25.1. The van der Waals surface area contributed by atoms with Crippen LogP contribution in [0.15, 0.2) is 48.5 Å². The van der Waals surface area contributed by atoms with E-state index >= 15 is 0 Å². The van der Waals surface area contributed by atoms with Gasteiger partial charge in [-0.2, -0.15) is 0 Å². The molecule has 35 heavy (non-hydrogen) atoms. The van der Waals surface area contributed by atoms with Crippen molar-refractivity contribution >= 4 is 29.9 Å². The summed E-state index contributed by atoms with van der Waals surface area (Å²) in [4.78, 5) is 12.0. The van der Waals surface area contributed by atoms with Crippen molar-refractivity contribution in [3.05, 3.63) is 65.2 Å². The Morgan fingerprint density at radius 1 is 0.743 bits per heavy atom. The van der Waals surface area contributed by atoms with Gasteiger partial charge in [-0.3, -0.25) is 0 Å². The predicted octanol–water partition coefficient (Wildman–Crippen LogP) is 8.32. The normalized spacial score (nSPS) is 11.4. The predicted molar refractivity (Wildman–Crippen MR) is 149 cm³/mol. The van der Waals surface area contributed by atoms with E-state index in [1.54, 1.807) is 6.08 Å². The van der Waals surface area contributed by atoms with Gasteiger partial charge >= 0.3 is 5.97 Å². The van der Waals surface area contributed by atoms with E-state index in [9.17, 15) is 4.79 Å². The van der Waals surface area contributed by atoms with Gasteiger partial charge in [0.2, 0.25) is 0 Å². The molecule has 0 amide bonds. The van der Waals surface area contributed by atoms with E-state index in [-0.39, 0.29) is 5.97 Å². The Kier molecular flexibility index (Phi) is 14.1. The second kappa shape index (κ2) is 17.4. The summed E-state index contributed by atoms with van der Waals surface area (Å²) in [6.45, 7) is 5.49. The first-order valence-corrected chi connectivity index (χ1v) is 13.3. The first-order chi connectivity index (χ1) is 17.1. The molecule has 0 fully saturated rings. The maximum Gasteiger partial charge on any atom is 0.330 e. The molecule has 0 aliphatic heterocycles. The van der Waals surface area contributed by atoms with Crippen molar-refractivity contribution < 1.29 is 14.3 Å². The van der Waals surface area contributed by atoms with Crippen LogP contribution in [0.25, 0.3) is 18.2 Å². The molecule has 2 aromatic carbocycles. The lowest BCUT2D eigenvalue weighted by Gasteiger charge is -2.09. The number of rotatable bonds is 17. The SMILES string of the molecule is CCCCCCCCCCOc1ccc(C=CC(=O)OCCCC)c(C=Cc2ccc(N)cc2)c1. The number of benzene rings is 2. The Balaban J connectivity index is 1.98. The lowest BCUT2D eigenvalue weighted by atomic mass is 10.0. The molecule has 0 spiro atoms. The van der Waals surface area contributed by atoms with E-state index in [2.05, 4.69) is 13.8 Å². The molecule has 0 saturated carbocycles. The second-order valence-corrected chi connectivity index (χ2v) is 8.97. The third-order valence-electron chi connectivity index (χ3n) is 5.86. The first kappa shape index (κ1) is 28.2. The Labute approximate surface area is 212 Å². The highest BCUT2D eigenvalue weighted by Crippen LogP contribution is 2.23. The van der Waals surface area contributed by atoms with E-state index in [1.807, 2.05) is 54.6 Å². The molecule has 0 radical (unpaired) electrons. The van der Waals surface area contributed by atoms with Crippen LogP contribution in [0, 0.1) is 0 Å². The fourth-order valence-corrected chi connectivity index (χ4v) is 3.68. The van der Waals surface area contributed by atoms with Crippen molar-refractivity contribution in [2.24, 2.45) is 0 Å². The highest BCUT2D eigenvalue weighted by Gasteiger charge is 2.03. The average Bonchev–Trinajstić information content (AvgIpc) is 2.87. The number of unbranched alkanes of at least 4 members (excludes halogenated alkanes) is 8. The number of carbonyl (C=O) groups is 1. The highest BCUT2D eigenvalue weighted by atomic mass is 16.5. The third-order valence-corrected chi connectivity index (χ3v) is 5.86. The molecule has 2 rings (SSSR count). The fraction of sp³-hybridized carbons (Fsp3) is 0.452. The van der Waals surface area contributed by atoms with Gasteiger partial charge in [-0.15, -0.1) is 0 Å². The summed E-state index contributed by atoms with van der Waals surface area (Å²) in [5.41, 5.74) is 9.51. The molecule has 0 saturated heterocycles. The highest BCUT2D eigenvalue weighted by molar-refractivity contribution is 5.88. The number of esters is 1. The summed E-state index contributed by atoms with van der Waals surface area (Å²) >= 11 is 0. The molecule has 4 nitrogen and oxygen atoms in total. The molecular weight excluding hydrogens is 434 g/mol. The smallest absolute Gasteiger partial charge is 0.330 e. The van der Waals surface area contributed by atoms with E-state index < -0.39 is 0 Å². The van der Waals surface area contributed by atoms with Crippen LogP contribution in [-0.2, 0) is 9.53 Å². The van der Waals surface area contributed by atoms with Crippen LogP contribution >= 0.6 is 0 Å². The Bertz CT molecular complexity index is 915. The van der Waals surface area contributed by atoms with Crippen molar-refractivity contribution in [1.82, 2.24) is 0 Å². The van der Waals surface area contributed by atoms with Crippen LogP contribution in [0.1, 0.15) is 94.7 Å². The number of nitrogen functional groups attached to an aromatic ring is 1. The molecule has 2 aromatic rings. The van der Waals surface area contributed by atoms with Gasteiger partial charge in [0.25, 0.3) is 0 Å². The maximum absolute atomic E-state index is 12.0. The van der Waals surface area contributed by atoms with Gasteiger partial charge < -0.3 is 15.2 Å². The number of ether oxygens (including phenoxy) is 2. The van der Waals surface area contributed by atoms with Crippen molar-refractivity contribution in [1.29, 1.82) is 0 Å². The first-order valence-electron chi connectivity index (χ1n) is 13.3. The van der Waals surface area contributed by atoms with Crippen LogP contribution < -0.4 is 10.5 Å². The van der Waals surface area contributed by atoms with Crippen molar-refractivity contribution in [2.75, 3.05) is 18.9 Å². The third kappa shape index (κ3) is 12.3. The largest absolute Gasteiger partial charge is 0.494 e. The number of hydrogen-bond donors (Lipinski definition) is 1. The maximum atomic E-state index is 12.0. The summed E-state index contributed by atoms with van der Waals surface area (Å²) in [5, 5.41) is 0. The van der Waals surface area contributed by atoms with Crippen LogP contribution in [0.3, 0.4) is 0 Å². The van der Waals surface area contributed by atoms with Gasteiger partial charge in [-0.25, -0.2) is 4.79 Å². The zero-order valence-corrected chi connectivity index (χ0v) is 21.6. The van der Waals surface area contributed by atoms with E-state index in [4.69, 9.17) is 15.2 Å². The lowest BCUT2D eigenvalue weighted by Crippen LogP contribution is -2.01. The molecule has 0 unspecified atom stereocenters. The Morgan fingerprint density at radius 2 is 1.43 bits per heavy atom. The number of nitrogens with two attached hydrogens (primary N) is 1. The van der Waals surface area contributed by atoms with Crippen LogP contribution in [0.2, 0.25) is 0 Å². The molecule has 4 heteroatoms. The Hall–Kier alpha value is -3.01. The molecule has 0 heterocycles. The summed E-state index contributed by atoms with van der Waals surface area (Å²) in [5.74, 6) is 0.523. The van der Waals surface area contributed by atoms with Gasteiger partial charge in [-0.1, -0.05) is 95.6 Å². The standard InChI is InChI=1S/C31H43NO3/c1-3-5-7-8-9-10-11-12-24-34-30-21-17-27(18-22-31(33)35-23-6-4-2)28(25-30)16-13-26-14-19-29(32)20-15-26/h13-22,25H,3-12,23-24,32H2,1-2H3. The molecule has 0 aromatic heterocycles. The van der Waals surface area contributed by atoms with Crippen LogP contribution in [0.4, 0.5) is 5.69 Å². The van der Waals surface area contributed by atoms with E-state index in [1.165, 1.54) is 51.0 Å². The van der Waals surface area contributed by atoms with E-state index in [0.29, 0.717) is 6.61 Å². The summed E-state index contributed by atoms with van der Waals surface area (Å²) in [6, 6.07) is 13.7. The number of anilines is 1. The fourth-order valence-electron chi connectivity index (χ4n) is 3.68. The van der Waals surface area contributed by atoms with Crippen molar-refractivity contribution in [3.63, 3.8) is 0 Å². The molecular formula is C31H43NO3. The minimum atomic E-state index is -0.318. The van der Waals surface area contributed by atoms with Crippen LogP contribution in [0.5, 0.6) is 5.75 Å². The number of carbonyl (C=O) groups excluding carboxylic acids is 1. The zero-order valence-electron chi connectivity index (χ0n) is 21.6. The number of hydrogen-bond acceptors (Lipinski definition) is 4. The average molecular weight is 478 g/mol. The minimum Gasteiger partial charge on any atom is -0.494 e. The lowest BCUT2D eigenvalue weighted by molar-refractivity contribution is -0.137.